The van der Waals surface area contributed by atoms with Gasteiger partial charge in [0.1, 0.15) is 10.6 Å². The van der Waals surface area contributed by atoms with Gasteiger partial charge in [-0.05, 0) is 63.1 Å². The Morgan fingerprint density at radius 3 is 2.52 bits per heavy atom. The summed E-state index contributed by atoms with van der Waals surface area (Å²) in [6.07, 6.45) is 0.757. The monoisotopic (exact) mass is 480 g/mol. The number of anilines is 1. The Labute approximate surface area is 202 Å². The number of ether oxygens (including phenoxy) is 1. The smallest absolute Gasteiger partial charge is 0.267 e. The lowest BCUT2D eigenvalue weighted by Gasteiger charge is -2.08. The van der Waals surface area contributed by atoms with E-state index in [2.05, 4.69) is 22.4 Å². The van der Waals surface area contributed by atoms with Gasteiger partial charge in [-0.2, -0.15) is 5.10 Å². The van der Waals surface area contributed by atoms with Crippen LogP contribution >= 0.6 is 22.9 Å². The van der Waals surface area contributed by atoms with Gasteiger partial charge in [0.2, 0.25) is 5.13 Å². The zero-order chi connectivity index (χ0) is 23.7. The first-order chi connectivity index (χ1) is 15.8. The number of nitrogens with one attached hydrogen (secondary N) is 1. The highest BCUT2D eigenvalue weighted by Gasteiger charge is 2.21. The Kier molecular flexibility index (Phi) is 6.54. The maximum absolute atomic E-state index is 13.0. The van der Waals surface area contributed by atoms with Gasteiger partial charge in [0.25, 0.3) is 5.91 Å². The average molecular weight is 481 g/mol. The molecule has 1 amide bonds. The van der Waals surface area contributed by atoms with E-state index in [0.29, 0.717) is 26.4 Å². The summed E-state index contributed by atoms with van der Waals surface area (Å²) in [5.74, 6) is 0.626. The van der Waals surface area contributed by atoms with E-state index in [0.717, 1.165) is 34.7 Å². The zero-order valence-electron chi connectivity index (χ0n) is 19.2. The fourth-order valence-electron chi connectivity index (χ4n) is 3.67. The van der Waals surface area contributed by atoms with Crippen LogP contribution in [0.4, 0.5) is 5.69 Å². The molecular weight excluding hydrogens is 456 g/mol. The van der Waals surface area contributed by atoms with Crippen LogP contribution in [0.5, 0.6) is 5.75 Å². The predicted molar refractivity (Wildman–Crippen MR) is 133 cm³/mol. The molecule has 0 fully saturated rings. The molecule has 0 unspecified atom stereocenters. The predicted octanol–water partition coefficient (Wildman–Crippen LogP) is 6.07. The van der Waals surface area contributed by atoms with E-state index < -0.39 is 0 Å². The summed E-state index contributed by atoms with van der Waals surface area (Å²) in [6.45, 7) is 7.75. The lowest BCUT2D eigenvalue weighted by molar-refractivity contribution is 0.102. The van der Waals surface area contributed by atoms with Gasteiger partial charge in [0, 0.05) is 28.4 Å². The number of nitrogens with zero attached hydrogens (tertiary/aromatic N) is 3. The van der Waals surface area contributed by atoms with E-state index in [4.69, 9.17) is 21.4 Å². The normalized spacial score (nSPS) is 11.0. The molecule has 0 saturated heterocycles. The highest BCUT2D eigenvalue weighted by molar-refractivity contribution is 7.16. The lowest BCUT2D eigenvalue weighted by atomic mass is 10.0. The molecule has 4 aromatic rings. The van der Waals surface area contributed by atoms with Crippen LogP contribution < -0.4 is 10.1 Å². The van der Waals surface area contributed by atoms with Gasteiger partial charge in [-0.1, -0.05) is 41.1 Å². The molecule has 0 saturated carbocycles. The molecule has 8 heteroatoms. The molecule has 0 radical (unpaired) electrons. The number of carbonyl (C=O) groups excluding carboxylic acids is 1. The molecule has 6 nitrogen and oxygen atoms in total. The zero-order valence-corrected chi connectivity index (χ0v) is 20.8. The van der Waals surface area contributed by atoms with Gasteiger partial charge in [0.15, 0.2) is 0 Å². The number of methoxy groups -OCH3 is 1. The number of hydrogen-bond acceptors (Lipinski definition) is 5. The quantitative estimate of drug-likeness (QED) is 0.363. The van der Waals surface area contributed by atoms with Gasteiger partial charge in [-0.3, -0.25) is 4.79 Å². The fraction of sp³-hybridized carbons (Fsp3) is 0.240. The van der Waals surface area contributed by atoms with E-state index in [1.807, 2.05) is 56.6 Å². The van der Waals surface area contributed by atoms with Crippen molar-refractivity contribution < 1.29 is 9.53 Å². The standard InChI is InChI=1S/C25H25ClN4O2S/c1-14-21(26)7-6-8-22(14)28-24(31)23-16(3)27-25(33-23)30-17(4)20(15(2)29-30)13-18-9-11-19(32-5)12-10-18/h6-12H,13H2,1-5H3,(H,28,31). The first-order valence-corrected chi connectivity index (χ1v) is 11.7. The molecule has 0 aliphatic rings. The minimum Gasteiger partial charge on any atom is -0.497 e. The van der Waals surface area contributed by atoms with Crippen LogP contribution in [0, 0.1) is 27.7 Å². The van der Waals surface area contributed by atoms with Crippen molar-refractivity contribution >= 4 is 34.5 Å². The molecule has 0 aliphatic carbocycles. The number of rotatable bonds is 6. The lowest BCUT2D eigenvalue weighted by Crippen LogP contribution is -2.12. The number of aromatic nitrogens is 3. The van der Waals surface area contributed by atoms with Crippen molar-refractivity contribution in [3.63, 3.8) is 0 Å². The highest BCUT2D eigenvalue weighted by Crippen LogP contribution is 2.28. The molecule has 2 aromatic carbocycles. The van der Waals surface area contributed by atoms with Crippen LogP contribution in [0.1, 0.15) is 43.4 Å². The average Bonchev–Trinajstić information content (AvgIpc) is 3.32. The molecule has 0 spiro atoms. The van der Waals surface area contributed by atoms with E-state index >= 15 is 0 Å². The van der Waals surface area contributed by atoms with Crippen molar-refractivity contribution in [2.24, 2.45) is 0 Å². The van der Waals surface area contributed by atoms with Crippen LogP contribution in [-0.2, 0) is 6.42 Å². The minimum absolute atomic E-state index is 0.207. The Morgan fingerprint density at radius 2 is 1.82 bits per heavy atom. The summed E-state index contributed by atoms with van der Waals surface area (Å²) in [6, 6.07) is 13.5. The number of amides is 1. The molecule has 1 N–H and O–H groups in total. The van der Waals surface area contributed by atoms with Crippen molar-refractivity contribution in [1.29, 1.82) is 0 Å². The molecule has 0 atom stereocenters. The van der Waals surface area contributed by atoms with Crippen LogP contribution in [0.2, 0.25) is 5.02 Å². The Hall–Kier alpha value is -3.16. The molecule has 0 aliphatic heterocycles. The van der Waals surface area contributed by atoms with E-state index in [1.165, 1.54) is 16.9 Å². The highest BCUT2D eigenvalue weighted by atomic mass is 35.5. The molecule has 33 heavy (non-hydrogen) atoms. The Bertz CT molecular complexity index is 1330. The van der Waals surface area contributed by atoms with Crippen LogP contribution in [-0.4, -0.2) is 27.8 Å². The SMILES string of the molecule is COc1ccc(Cc2c(C)nn(-c3nc(C)c(C(=O)Nc4cccc(Cl)c4C)s3)c2C)cc1. The first-order valence-electron chi connectivity index (χ1n) is 10.5. The molecule has 2 aromatic heterocycles. The van der Waals surface area contributed by atoms with Crippen LogP contribution in [0.25, 0.3) is 5.13 Å². The molecule has 4 rings (SSSR count). The second-order valence-electron chi connectivity index (χ2n) is 7.86. The van der Waals surface area contributed by atoms with Gasteiger partial charge >= 0.3 is 0 Å². The van der Waals surface area contributed by atoms with E-state index in [1.54, 1.807) is 13.2 Å². The maximum Gasteiger partial charge on any atom is 0.267 e. The summed E-state index contributed by atoms with van der Waals surface area (Å²) in [4.78, 5) is 18.2. The number of halogens is 1. The minimum atomic E-state index is -0.207. The van der Waals surface area contributed by atoms with Crippen molar-refractivity contribution in [3.05, 3.63) is 86.1 Å². The topological polar surface area (TPSA) is 69.0 Å². The number of carbonyl (C=O) groups is 1. The van der Waals surface area contributed by atoms with Gasteiger partial charge < -0.3 is 10.1 Å². The summed E-state index contributed by atoms with van der Waals surface area (Å²) >= 11 is 7.51. The third kappa shape index (κ3) is 4.65. The van der Waals surface area contributed by atoms with Crippen LogP contribution in [0.3, 0.4) is 0 Å². The van der Waals surface area contributed by atoms with Crippen molar-refractivity contribution in [3.8, 4) is 10.9 Å². The summed E-state index contributed by atoms with van der Waals surface area (Å²) in [5.41, 5.74) is 6.46. The van der Waals surface area contributed by atoms with Gasteiger partial charge in [-0.15, -0.1) is 0 Å². The molecule has 170 valence electrons. The molecular formula is C25H25ClN4O2S. The molecule has 0 bridgehead atoms. The summed E-state index contributed by atoms with van der Waals surface area (Å²) in [7, 11) is 1.66. The largest absolute Gasteiger partial charge is 0.497 e. The first kappa shape index (κ1) is 23.0. The van der Waals surface area contributed by atoms with E-state index in [-0.39, 0.29) is 5.91 Å². The van der Waals surface area contributed by atoms with Gasteiger partial charge in [0.05, 0.1) is 18.5 Å². The van der Waals surface area contributed by atoms with Crippen molar-refractivity contribution in [1.82, 2.24) is 14.8 Å². The van der Waals surface area contributed by atoms with Crippen molar-refractivity contribution in [2.45, 2.75) is 34.1 Å². The molecule has 2 heterocycles. The van der Waals surface area contributed by atoms with Gasteiger partial charge in [-0.25, -0.2) is 9.67 Å². The number of benzene rings is 2. The second-order valence-corrected chi connectivity index (χ2v) is 9.25. The third-order valence-electron chi connectivity index (χ3n) is 5.67. The second kappa shape index (κ2) is 9.37. The third-order valence-corrected chi connectivity index (χ3v) is 7.21. The fourth-order valence-corrected chi connectivity index (χ4v) is 4.81. The number of hydrogen-bond donors (Lipinski definition) is 1. The Balaban J connectivity index is 1.60. The maximum atomic E-state index is 13.0. The number of aryl methyl sites for hydroxylation is 2. The summed E-state index contributed by atoms with van der Waals surface area (Å²) < 4.78 is 7.08. The summed E-state index contributed by atoms with van der Waals surface area (Å²) in [5, 5.41) is 8.96. The van der Waals surface area contributed by atoms with E-state index in [9.17, 15) is 4.79 Å². The Morgan fingerprint density at radius 1 is 1.09 bits per heavy atom. The van der Waals surface area contributed by atoms with Crippen LogP contribution in [0.15, 0.2) is 42.5 Å². The van der Waals surface area contributed by atoms with Crippen molar-refractivity contribution in [2.75, 3.05) is 12.4 Å². The number of thiazole rings is 1.